The molecule has 0 aliphatic carbocycles. The van der Waals surface area contributed by atoms with Gasteiger partial charge in [0.15, 0.2) is 5.52 Å². The monoisotopic (exact) mass is 335 g/mol. The number of benzene rings is 2. The second-order valence-electron chi connectivity index (χ2n) is 4.37. The second kappa shape index (κ2) is 5.50. The summed E-state index contributed by atoms with van der Waals surface area (Å²) in [5.41, 5.74) is -1.17. The van der Waals surface area contributed by atoms with Gasteiger partial charge in [0.05, 0.1) is 26.6 Å². The van der Waals surface area contributed by atoms with Crippen LogP contribution in [0, 0.1) is 20.2 Å². The van der Waals surface area contributed by atoms with Gasteiger partial charge in [0, 0.05) is 0 Å². The molecule has 23 heavy (non-hydrogen) atoms. The van der Waals surface area contributed by atoms with Gasteiger partial charge < -0.3 is 5.32 Å². The molecule has 0 fully saturated rings. The Kier molecular flexibility index (Phi) is 3.50. The van der Waals surface area contributed by atoms with Gasteiger partial charge >= 0.3 is 11.4 Å². The average Bonchev–Trinajstić information content (AvgIpc) is 2.98. The molecular formula is C12H6ClN5O5. The SMILES string of the molecule is O=[N+]([O-])c1cc([N+](=O)[O-])c2nonc2c1Nc1ccccc1Cl. The van der Waals surface area contributed by atoms with Crippen molar-refractivity contribution < 1.29 is 14.5 Å². The maximum atomic E-state index is 11.3. The van der Waals surface area contributed by atoms with Crippen molar-refractivity contribution in [2.75, 3.05) is 5.32 Å². The molecule has 0 saturated carbocycles. The summed E-state index contributed by atoms with van der Waals surface area (Å²) in [7, 11) is 0. The van der Waals surface area contributed by atoms with E-state index >= 15 is 0 Å². The Hall–Kier alpha value is -3.27. The van der Waals surface area contributed by atoms with Crippen LogP contribution < -0.4 is 5.32 Å². The van der Waals surface area contributed by atoms with E-state index in [0.717, 1.165) is 6.07 Å². The number of hydrogen-bond donors (Lipinski definition) is 1. The molecular weight excluding hydrogens is 330 g/mol. The molecule has 2 aromatic carbocycles. The predicted octanol–water partition coefficient (Wildman–Crippen LogP) is 3.44. The minimum Gasteiger partial charge on any atom is -0.347 e. The number of rotatable bonds is 4. The normalized spacial score (nSPS) is 10.7. The van der Waals surface area contributed by atoms with Crippen molar-refractivity contribution in [1.82, 2.24) is 10.3 Å². The van der Waals surface area contributed by atoms with Crippen LogP contribution in [0.25, 0.3) is 11.0 Å². The number of nitro benzene ring substituents is 2. The van der Waals surface area contributed by atoms with Gasteiger partial charge in [-0.15, -0.1) is 0 Å². The first-order valence-corrected chi connectivity index (χ1v) is 6.46. The lowest BCUT2D eigenvalue weighted by molar-refractivity contribution is -0.392. The zero-order valence-corrected chi connectivity index (χ0v) is 11.9. The van der Waals surface area contributed by atoms with Gasteiger partial charge in [-0.2, -0.15) is 0 Å². The van der Waals surface area contributed by atoms with Gasteiger partial charge in [-0.05, 0) is 22.4 Å². The number of nitro groups is 2. The molecule has 0 saturated heterocycles. The molecule has 1 N–H and O–H groups in total. The van der Waals surface area contributed by atoms with Crippen LogP contribution in [0.2, 0.25) is 5.02 Å². The van der Waals surface area contributed by atoms with Crippen molar-refractivity contribution in [1.29, 1.82) is 0 Å². The fraction of sp³-hybridized carbons (Fsp3) is 0. The third-order valence-corrected chi connectivity index (χ3v) is 3.35. The Morgan fingerprint density at radius 2 is 1.70 bits per heavy atom. The number of anilines is 2. The first-order chi connectivity index (χ1) is 11.0. The molecule has 0 radical (unpaired) electrons. The third-order valence-electron chi connectivity index (χ3n) is 3.02. The molecule has 0 aliphatic heterocycles. The van der Waals surface area contributed by atoms with Gasteiger partial charge in [0.25, 0.3) is 0 Å². The molecule has 0 atom stereocenters. The Morgan fingerprint density at radius 3 is 2.35 bits per heavy atom. The largest absolute Gasteiger partial charge is 0.347 e. The van der Waals surface area contributed by atoms with E-state index in [1.165, 1.54) is 0 Å². The number of aromatic nitrogens is 2. The summed E-state index contributed by atoms with van der Waals surface area (Å²) in [5.74, 6) is 0. The number of hydrogen-bond acceptors (Lipinski definition) is 8. The smallest absolute Gasteiger partial charge is 0.307 e. The Balaban J connectivity index is 2.27. The highest BCUT2D eigenvalue weighted by Gasteiger charge is 2.29. The lowest BCUT2D eigenvalue weighted by Crippen LogP contribution is -2.01. The predicted molar refractivity (Wildman–Crippen MR) is 79.8 cm³/mol. The molecule has 11 heteroatoms. The minimum atomic E-state index is -0.793. The molecule has 10 nitrogen and oxygen atoms in total. The number of nitrogens with zero attached hydrogens (tertiary/aromatic N) is 4. The number of halogens is 1. The summed E-state index contributed by atoms with van der Waals surface area (Å²) < 4.78 is 4.50. The van der Waals surface area contributed by atoms with Crippen molar-refractivity contribution in [2.45, 2.75) is 0 Å². The van der Waals surface area contributed by atoms with Crippen molar-refractivity contribution in [3.8, 4) is 0 Å². The molecule has 0 amide bonds. The third kappa shape index (κ3) is 2.51. The zero-order valence-electron chi connectivity index (χ0n) is 11.1. The molecule has 3 rings (SSSR count). The van der Waals surface area contributed by atoms with E-state index in [1.54, 1.807) is 24.3 Å². The number of nitrogens with one attached hydrogen (secondary N) is 1. The molecule has 3 aromatic rings. The van der Waals surface area contributed by atoms with E-state index in [9.17, 15) is 20.2 Å². The summed E-state index contributed by atoms with van der Waals surface area (Å²) in [4.78, 5) is 20.8. The first kappa shape index (κ1) is 14.7. The van der Waals surface area contributed by atoms with E-state index in [-0.39, 0.29) is 16.7 Å². The van der Waals surface area contributed by atoms with Gasteiger partial charge in [-0.25, -0.2) is 4.63 Å². The summed E-state index contributed by atoms with van der Waals surface area (Å²) in [5, 5.41) is 32.4. The van der Waals surface area contributed by atoms with E-state index in [4.69, 9.17) is 11.6 Å². The van der Waals surface area contributed by atoms with Crippen LogP contribution in [0.4, 0.5) is 22.7 Å². The van der Waals surface area contributed by atoms with Crippen LogP contribution in [-0.2, 0) is 0 Å². The van der Waals surface area contributed by atoms with Gasteiger partial charge in [0.1, 0.15) is 5.69 Å². The van der Waals surface area contributed by atoms with Gasteiger partial charge in [-0.1, -0.05) is 23.7 Å². The lowest BCUT2D eigenvalue weighted by Gasteiger charge is -2.08. The maximum absolute atomic E-state index is 11.3. The van der Waals surface area contributed by atoms with Crippen molar-refractivity contribution in [2.24, 2.45) is 0 Å². The molecule has 0 spiro atoms. The Labute approximate surface area is 131 Å². The van der Waals surface area contributed by atoms with Crippen molar-refractivity contribution >= 4 is 45.4 Å². The van der Waals surface area contributed by atoms with Crippen LogP contribution >= 0.6 is 11.6 Å². The number of fused-ring (bicyclic) bond motifs is 1. The van der Waals surface area contributed by atoms with Crippen molar-refractivity contribution in [3.05, 3.63) is 55.6 Å². The molecule has 1 heterocycles. The Bertz CT molecular complexity index is 941. The highest BCUT2D eigenvalue weighted by Crippen LogP contribution is 2.40. The Morgan fingerprint density at radius 1 is 1.04 bits per heavy atom. The van der Waals surface area contributed by atoms with E-state index in [2.05, 4.69) is 20.3 Å². The first-order valence-electron chi connectivity index (χ1n) is 6.08. The molecule has 0 aliphatic rings. The van der Waals surface area contributed by atoms with Crippen LogP contribution in [0.3, 0.4) is 0 Å². The summed E-state index contributed by atoms with van der Waals surface area (Å²) >= 11 is 6.01. The quantitative estimate of drug-likeness (QED) is 0.565. The van der Waals surface area contributed by atoms with E-state index in [1.807, 2.05) is 0 Å². The fourth-order valence-corrected chi connectivity index (χ4v) is 2.20. The summed E-state index contributed by atoms with van der Waals surface area (Å²) in [6, 6.07) is 7.33. The zero-order chi connectivity index (χ0) is 16.6. The van der Waals surface area contributed by atoms with Crippen LogP contribution in [0.15, 0.2) is 35.0 Å². The van der Waals surface area contributed by atoms with E-state index in [0.29, 0.717) is 10.7 Å². The lowest BCUT2D eigenvalue weighted by atomic mass is 10.2. The highest BCUT2D eigenvalue weighted by molar-refractivity contribution is 6.33. The molecule has 116 valence electrons. The van der Waals surface area contributed by atoms with Crippen LogP contribution in [0.1, 0.15) is 0 Å². The summed E-state index contributed by atoms with van der Waals surface area (Å²) in [6.45, 7) is 0. The minimum absolute atomic E-state index is 0.0926. The van der Waals surface area contributed by atoms with Gasteiger partial charge in [0.2, 0.25) is 5.52 Å². The van der Waals surface area contributed by atoms with Gasteiger partial charge in [-0.3, -0.25) is 20.2 Å². The highest BCUT2D eigenvalue weighted by atomic mass is 35.5. The molecule has 0 unspecified atom stereocenters. The average molecular weight is 336 g/mol. The fourth-order valence-electron chi connectivity index (χ4n) is 2.02. The van der Waals surface area contributed by atoms with Crippen LogP contribution in [0.5, 0.6) is 0 Å². The standard InChI is InChI=1S/C12H6ClN5O5/c13-6-3-1-2-4-7(6)14-10-8(17(19)20)5-9(18(21)22)11-12(10)16-23-15-11/h1-5,14H. The summed E-state index contributed by atoms with van der Waals surface area (Å²) in [6.07, 6.45) is 0. The number of non-ortho nitro benzene ring substituents is 1. The topological polar surface area (TPSA) is 137 Å². The molecule has 1 aromatic heterocycles. The molecule has 0 bridgehead atoms. The number of para-hydroxylation sites is 1. The van der Waals surface area contributed by atoms with Crippen molar-refractivity contribution in [3.63, 3.8) is 0 Å². The second-order valence-corrected chi connectivity index (χ2v) is 4.78. The maximum Gasteiger partial charge on any atom is 0.307 e. The van der Waals surface area contributed by atoms with E-state index < -0.39 is 21.2 Å². The van der Waals surface area contributed by atoms with Crippen LogP contribution in [-0.4, -0.2) is 20.2 Å².